The number of para-hydroxylation sites is 1. The number of nitrogens with one attached hydrogen (secondary N) is 1. The fourth-order valence-electron chi connectivity index (χ4n) is 1.98. The van der Waals surface area contributed by atoms with E-state index >= 15 is 0 Å². The van der Waals surface area contributed by atoms with Gasteiger partial charge in [0.25, 0.3) is 0 Å². The van der Waals surface area contributed by atoms with E-state index in [2.05, 4.69) is 28.2 Å². The molecule has 0 amide bonds. The lowest BCUT2D eigenvalue weighted by atomic mass is 10.0. The van der Waals surface area contributed by atoms with Gasteiger partial charge in [0.05, 0.1) is 19.7 Å². The summed E-state index contributed by atoms with van der Waals surface area (Å²) in [5.74, 6) is 1.37. The van der Waals surface area contributed by atoms with Gasteiger partial charge in [0.2, 0.25) is 0 Å². The van der Waals surface area contributed by atoms with E-state index in [-0.39, 0.29) is 6.04 Å². The molecule has 3 N–H and O–H groups in total. The summed E-state index contributed by atoms with van der Waals surface area (Å²) in [6.45, 7) is 3.53. The van der Waals surface area contributed by atoms with E-state index in [9.17, 15) is 0 Å². The molecule has 0 aliphatic rings. The van der Waals surface area contributed by atoms with Crippen LogP contribution in [0.3, 0.4) is 0 Å². The molecule has 0 bridgehead atoms. The van der Waals surface area contributed by atoms with E-state index in [1.807, 2.05) is 32.3 Å². The summed E-state index contributed by atoms with van der Waals surface area (Å²) in [4.78, 5) is 6.54. The first-order valence-corrected chi connectivity index (χ1v) is 6.93. The van der Waals surface area contributed by atoms with Crippen LogP contribution in [-0.4, -0.2) is 45.2 Å². The second-order valence-electron chi connectivity index (χ2n) is 4.87. The molecule has 0 radical (unpaired) electrons. The van der Waals surface area contributed by atoms with E-state index in [1.54, 1.807) is 7.11 Å². The van der Waals surface area contributed by atoms with Crippen LogP contribution in [-0.2, 0) is 0 Å². The highest BCUT2D eigenvalue weighted by atomic mass is 16.5. The SMILES string of the molecule is CCCNC(N)=NCC(c1ccccc1OC)N(C)C. The lowest BCUT2D eigenvalue weighted by Gasteiger charge is -2.25. The molecule has 5 heteroatoms. The van der Waals surface area contributed by atoms with Crippen molar-refractivity contribution in [2.24, 2.45) is 10.7 Å². The lowest BCUT2D eigenvalue weighted by Crippen LogP contribution is -2.33. The minimum atomic E-state index is 0.133. The number of benzene rings is 1. The average Bonchev–Trinajstić information content (AvgIpc) is 2.45. The highest BCUT2D eigenvalue weighted by molar-refractivity contribution is 5.77. The number of nitrogens with zero attached hydrogens (tertiary/aromatic N) is 2. The van der Waals surface area contributed by atoms with Gasteiger partial charge < -0.3 is 20.7 Å². The molecule has 0 heterocycles. The summed E-state index contributed by atoms with van der Waals surface area (Å²) in [7, 11) is 5.75. The third-order valence-electron chi connectivity index (χ3n) is 3.11. The van der Waals surface area contributed by atoms with Crippen molar-refractivity contribution in [1.29, 1.82) is 0 Å². The number of ether oxygens (including phenoxy) is 1. The molecule has 1 unspecified atom stereocenters. The van der Waals surface area contributed by atoms with Crippen molar-refractivity contribution in [2.75, 3.05) is 34.3 Å². The Morgan fingerprint density at radius 2 is 2.10 bits per heavy atom. The smallest absolute Gasteiger partial charge is 0.188 e. The topological polar surface area (TPSA) is 62.9 Å². The zero-order chi connectivity index (χ0) is 15.0. The van der Waals surface area contributed by atoms with Crippen LogP contribution in [0.25, 0.3) is 0 Å². The van der Waals surface area contributed by atoms with Crippen LogP contribution in [0.4, 0.5) is 0 Å². The first-order valence-electron chi connectivity index (χ1n) is 6.93. The molecule has 0 spiro atoms. The standard InChI is InChI=1S/C15H26N4O/c1-5-10-17-15(16)18-11-13(19(2)3)12-8-6-7-9-14(12)20-4/h6-9,13H,5,10-11H2,1-4H3,(H3,16,17,18). The van der Waals surface area contributed by atoms with Crippen LogP contribution in [0.5, 0.6) is 5.75 Å². The normalized spacial score (nSPS) is 13.3. The lowest BCUT2D eigenvalue weighted by molar-refractivity contribution is 0.295. The maximum absolute atomic E-state index is 5.85. The molecule has 1 aromatic rings. The molecule has 1 atom stereocenters. The summed E-state index contributed by atoms with van der Waals surface area (Å²) in [6.07, 6.45) is 1.03. The monoisotopic (exact) mass is 278 g/mol. The second kappa shape index (κ2) is 8.43. The molecule has 0 aromatic heterocycles. The van der Waals surface area contributed by atoms with Gasteiger partial charge in [-0.05, 0) is 26.6 Å². The highest BCUT2D eigenvalue weighted by Gasteiger charge is 2.17. The van der Waals surface area contributed by atoms with E-state index in [0.717, 1.165) is 24.3 Å². The minimum absolute atomic E-state index is 0.133. The summed E-state index contributed by atoms with van der Waals surface area (Å²) in [5, 5.41) is 3.08. The van der Waals surface area contributed by atoms with E-state index in [1.165, 1.54) is 0 Å². The van der Waals surface area contributed by atoms with Crippen LogP contribution in [0.2, 0.25) is 0 Å². The van der Waals surface area contributed by atoms with E-state index in [4.69, 9.17) is 10.5 Å². The largest absolute Gasteiger partial charge is 0.496 e. The van der Waals surface area contributed by atoms with Crippen LogP contribution < -0.4 is 15.8 Å². The molecule has 5 nitrogen and oxygen atoms in total. The Kier molecular flexibility index (Phi) is 6.87. The van der Waals surface area contributed by atoms with Crippen molar-refractivity contribution < 1.29 is 4.74 Å². The molecule has 20 heavy (non-hydrogen) atoms. The van der Waals surface area contributed by atoms with Gasteiger partial charge in [0.1, 0.15) is 5.75 Å². The second-order valence-corrected chi connectivity index (χ2v) is 4.87. The Morgan fingerprint density at radius 1 is 1.40 bits per heavy atom. The summed E-state index contributed by atoms with van der Waals surface area (Å²) >= 11 is 0. The fraction of sp³-hybridized carbons (Fsp3) is 0.533. The van der Waals surface area contributed by atoms with E-state index in [0.29, 0.717) is 12.5 Å². The molecule has 0 saturated heterocycles. The fourth-order valence-corrected chi connectivity index (χ4v) is 1.98. The maximum Gasteiger partial charge on any atom is 0.188 e. The third-order valence-corrected chi connectivity index (χ3v) is 3.11. The molecule has 1 aromatic carbocycles. The summed E-state index contributed by atoms with van der Waals surface area (Å²) in [6, 6.07) is 8.14. The van der Waals surface area contributed by atoms with Crippen LogP contribution >= 0.6 is 0 Å². The average molecular weight is 278 g/mol. The van der Waals surface area contributed by atoms with Gasteiger partial charge in [0, 0.05) is 12.1 Å². The van der Waals surface area contributed by atoms with Gasteiger partial charge in [0.15, 0.2) is 5.96 Å². The number of guanidine groups is 1. The molecular formula is C15H26N4O. The zero-order valence-electron chi connectivity index (χ0n) is 12.9. The van der Waals surface area contributed by atoms with Crippen molar-refractivity contribution >= 4 is 5.96 Å². The Morgan fingerprint density at radius 3 is 2.70 bits per heavy atom. The number of aliphatic imine (C=N–C) groups is 1. The van der Waals surface area contributed by atoms with Gasteiger partial charge >= 0.3 is 0 Å². The summed E-state index contributed by atoms with van der Waals surface area (Å²) < 4.78 is 5.43. The van der Waals surface area contributed by atoms with Crippen LogP contribution in [0, 0.1) is 0 Å². The van der Waals surface area contributed by atoms with Gasteiger partial charge in [-0.25, -0.2) is 0 Å². The molecule has 0 aliphatic carbocycles. The predicted octanol–water partition coefficient (Wildman–Crippen LogP) is 1.61. The first-order chi connectivity index (χ1) is 9.60. The molecular weight excluding hydrogens is 252 g/mol. The number of nitrogens with two attached hydrogens (primary N) is 1. The Bertz CT molecular complexity index is 432. The Balaban J connectivity index is 2.84. The van der Waals surface area contributed by atoms with Gasteiger partial charge in [-0.15, -0.1) is 0 Å². The maximum atomic E-state index is 5.85. The quantitative estimate of drug-likeness (QED) is 0.587. The van der Waals surface area contributed by atoms with Crippen molar-refractivity contribution in [3.8, 4) is 5.75 Å². The van der Waals surface area contributed by atoms with Gasteiger partial charge in [-0.3, -0.25) is 4.99 Å². The van der Waals surface area contributed by atoms with Crippen LogP contribution in [0.15, 0.2) is 29.3 Å². The third kappa shape index (κ3) is 4.74. The molecule has 0 saturated carbocycles. The Labute approximate surface area is 121 Å². The molecule has 0 aliphatic heterocycles. The molecule has 112 valence electrons. The zero-order valence-corrected chi connectivity index (χ0v) is 12.9. The van der Waals surface area contributed by atoms with Crippen molar-refractivity contribution in [1.82, 2.24) is 10.2 Å². The van der Waals surface area contributed by atoms with Crippen molar-refractivity contribution in [2.45, 2.75) is 19.4 Å². The Hall–Kier alpha value is -1.75. The van der Waals surface area contributed by atoms with E-state index < -0.39 is 0 Å². The van der Waals surface area contributed by atoms with Crippen molar-refractivity contribution in [3.05, 3.63) is 29.8 Å². The van der Waals surface area contributed by atoms with Crippen molar-refractivity contribution in [3.63, 3.8) is 0 Å². The predicted molar refractivity (Wildman–Crippen MR) is 84.2 cm³/mol. The number of likely N-dealkylation sites (N-methyl/N-ethyl adjacent to an activating group) is 1. The number of hydrogen-bond donors (Lipinski definition) is 2. The number of hydrogen-bond acceptors (Lipinski definition) is 3. The molecule has 0 fully saturated rings. The van der Waals surface area contributed by atoms with Gasteiger partial charge in [-0.2, -0.15) is 0 Å². The minimum Gasteiger partial charge on any atom is -0.496 e. The molecule has 1 rings (SSSR count). The highest BCUT2D eigenvalue weighted by Crippen LogP contribution is 2.27. The number of methoxy groups -OCH3 is 1. The number of rotatable bonds is 7. The van der Waals surface area contributed by atoms with Gasteiger partial charge in [-0.1, -0.05) is 25.1 Å². The van der Waals surface area contributed by atoms with Crippen LogP contribution in [0.1, 0.15) is 24.9 Å². The summed E-state index contributed by atoms with van der Waals surface area (Å²) in [5.41, 5.74) is 6.96. The first kappa shape index (κ1) is 16.3.